The predicted octanol–water partition coefficient (Wildman–Crippen LogP) is 3.17. The summed E-state index contributed by atoms with van der Waals surface area (Å²) in [6.45, 7) is 2.05. The number of nitrogens with zero attached hydrogens (tertiary/aromatic N) is 2. The summed E-state index contributed by atoms with van der Waals surface area (Å²) in [6.07, 6.45) is 0.789. The van der Waals surface area contributed by atoms with Crippen LogP contribution in [-0.2, 0) is 13.5 Å². The molecule has 0 unspecified atom stereocenters. The SMILES string of the molecule is CCc1nc(N)ccc1-c1cccc2ccc(=O)n(C)c12.Cl. The number of halogens is 1. The van der Waals surface area contributed by atoms with E-state index in [0.29, 0.717) is 5.82 Å². The first-order valence-corrected chi connectivity index (χ1v) is 6.96. The van der Waals surface area contributed by atoms with E-state index in [1.807, 2.05) is 30.3 Å². The standard InChI is InChI=1S/C17H17N3O.ClH/c1-3-14-12(8-9-15(18)19-14)13-6-4-5-11-7-10-16(21)20(2)17(11)13;/h4-10H,3H2,1-2H3,(H2,18,19);1H. The summed E-state index contributed by atoms with van der Waals surface area (Å²) in [5, 5.41) is 1.04. The number of anilines is 1. The van der Waals surface area contributed by atoms with Gasteiger partial charge in [-0.15, -0.1) is 12.4 Å². The normalized spacial score (nSPS) is 10.5. The van der Waals surface area contributed by atoms with E-state index in [4.69, 9.17) is 5.73 Å². The zero-order valence-corrected chi connectivity index (χ0v) is 13.4. The van der Waals surface area contributed by atoms with Crippen molar-refractivity contribution in [2.75, 3.05) is 5.73 Å². The molecule has 3 rings (SSSR count). The first kappa shape index (κ1) is 16.0. The van der Waals surface area contributed by atoms with E-state index in [1.54, 1.807) is 23.7 Å². The van der Waals surface area contributed by atoms with Crippen molar-refractivity contribution in [2.24, 2.45) is 7.05 Å². The molecule has 0 radical (unpaired) electrons. The molecule has 3 aromatic rings. The molecule has 0 spiro atoms. The minimum absolute atomic E-state index is 0. The molecule has 0 fully saturated rings. The average molecular weight is 316 g/mol. The lowest BCUT2D eigenvalue weighted by Gasteiger charge is -2.13. The average Bonchev–Trinajstić information content (AvgIpc) is 2.50. The van der Waals surface area contributed by atoms with Crippen LogP contribution in [0.25, 0.3) is 22.0 Å². The van der Waals surface area contributed by atoms with Crippen LogP contribution in [0.5, 0.6) is 0 Å². The number of aromatic nitrogens is 2. The van der Waals surface area contributed by atoms with Crippen molar-refractivity contribution < 1.29 is 0 Å². The monoisotopic (exact) mass is 315 g/mol. The van der Waals surface area contributed by atoms with Crippen LogP contribution in [-0.4, -0.2) is 9.55 Å². The zero-order chi connectivity index (χ0) is 15.0. The van der Waals surface area contributed by atoms with Gasteiger partial charge in [0.2, 0.25) is 0 Å². The maximum absolute atomic E-state index is 12.0. The van der Waals surface area contributed by atoms with Crippen molar-refractivity contribution in [3.05, 3.63) is 58.5 Å². The Morgan fingerprint density at radius 1 is 1.09 bits per heavy atom. The first-order chi connectivity index (χ1) is 10.1. The van der Waals surface area contributed by atoms with E-state index in [-0.39, 0.29) is 18.0 Å². The Bertz CT molecular complexity index is 887. The molecular formula is C17H18ClN3O. The predicted molar refractivity (Wildman–Crippen MR) is 93.5 cm³/mol. The van der Waals surface area contributed by atoms with Crippen molar-refractivity contribution in [1.29, 1.82) is 0 Å². The van der Waals surface area contributed by atoms with Crippen molar-refractivity contribution in [3.8, 4) is 11.1 Å². The lowest BCUT2D eigenvalue weighted by Crippen LogP contribution is -2.15. The van der Waals surface area contributed by atoms with E-state index in [1.165, 1.54) is 0 Å². The van der Waals surface area contributed by atoms with Gasteiger partial charge in [0.05, 0.1) is 11.2 Å². The summed E-state index contributed by atoms with van der Waals surface area (Å²) in [7, 11) is 1.80. The first-order valence-electron chi connectivity index (χ1n) is 6.96. The van der Waals surface area contributed by atoms with Crippen LogP contribution < -0.4 is 11.3 Å². The van der Waals surface area contributed by atoms with Gasteiger partial charge in [-0.2, -0.15) is 0 Å². The number of aryl methyl sites for hydroxylation is 2. The van der Waals surface area contributed by atoms with Crippen molar-refractivity contribution >= 4 is 29.1 Å². The minimum Gasteiger partial charge on any atom is -0.384 e. The lowest BCUT2D eigenvalue weighted by molar-refractivity contribution is 0.906. The molecule has 0 bridgehead atoms. The van der Waals surface area contributed by atoms with E-state index in [0.717, 1.165) is 34.1 Å². The highest BCUT2D eigenvalue weighted by molar-refractivity contribution is 5.94. The summed E-state index contributed by atoms with van der Waals surface area (Å²) >= 11 is 0. The molecule has 1 aromatic carbocycles. The van der Waals surface area contributed by atoms with Crippen LogP contribution in [0.1, 0.15) is 12.6 Å². The van der Waals surface area contributed by atoms with Crippen LogP contribution in [0.15, 0.2) is 47.3 Å². The number of benzene rings is 1. The highest BCUT2D eigenvalue weighted by Crippen LogP contribution is 2.30. The molecule has 22 heavy (non-hydrogen) atoms. The van der Waals surface area contributed by atoms with Crippen LogP contribution in [0.2, 0.25) is 0 Å². The maximum atomic E-state index is 12.0. The zero-order valence-electron chi connectivity index (χ0n) is 12.5. The number of pyridine rings is 2. The van der Waals surface area contributed by atoms with E-state index in [9.17, 15) is 4.79 Å². The summed E-state index contributed by atoms with van der Waals surface area (Å²) in [4.78, 5) is 16.4. The van der Waals surface area contributed by atoms with Gasteiger partial charge in [0, 0.05) is 24.2 Å². The van der Waals surface area contributed by atoms with Crippen molar-refractivity contribution in [1.82, 2.24) is 9.55 Å². The van der Waals surface area contributed by atoms with Gasteiger partial charge < -0.3 is 10.3 Å². The number of fused-ring (bicyclic) bond motifs is 1. The second kappa shape index (κ2) is 6.20. The third-order valence-electron chi connectivity index (χ3n) is 3.76. The van der Waals surface area contributed by atoms with Crippen LogP contribution in [0.4, 0.5) is 5.82 Å². The van der Waals surface area contributed by atoms with E-state index >= 15 is 0 Å². The Kier molecular flexibility index (Phi) is 4.52. The lowest BCUT2D eigenvalue weighted by atomic mass is 9.99. The molecule has 2 aromatic heterocycles. The number of para-hydroxylation sites is 1. The topological polar surface area (TPSA) is 60.9 Å². The Morgan fingerprint density at radius 3 is 2.59 bits per heavy atom. The van der Waals surface area contributed by atoms with Gasteiger partial charge in [-0.05, 0) is 30.0 Å². The molecule has 0 saturated heterocycles. The smallest absolute Gasteiger partial charge is 0.250 e. The summed E-state index contributed by atoms with van der Waals surface area (Å²) in [6, 6.07) is 13.3. The molecule has 0 atom stereocenters. The molecule has 0 aliphatic heterocycles. The number of rotatable bonds is 2. The summed E-state index contributed by atoms with van der Waals surface area (Å²) in [5.74, 6) is 0.518. The van der Waals surface area contributed by atoms with Gasteiger partial charge in [0.15, 0.2) is 0 Å². The number of hydrogen-bond acceptors (Lipinski definition) is 3. The van der Waals surface area contributed by atoms with Crippen molar-refractivity contribution in [2.45, 2.75) is 13.3 Å². The van der Waals surface area contributed by atoms with Gasteiger partial charge in [0.25, 0.3) is 5.56 Å². The van der Waals surface area contributed by atoms with E-state index in [2.05, 4.69) is 11.9 Å². The van der Waals surface area contributed by atoms with Gasteiger partial charge >= 0.3 is 0 Å². The van der Waals surface area contributed by atoms with Crippen LogP contribution >= 0.6 is 12.4 Å². The second-order valence-electron chi connectivity index (χ2n) is 5.06. The summed E-state index contributed by atoms with van der Waals surface area (Å²) < 4.78 is 1.68. The van der Waals surface area contributed by atoms with Crippen LogP contribution in [0, 0.1) is 0 Å². The molecule has 2 heterocycles. The number of nitrogen functional groups attached to an aromatic ring is 1. The van der Waals surface area contributed by atoms with Gasteiger partial charge in [-0.25, -0.2) is 4.98 Å². The van der Waals surface area contributed by atoms with Gasteiger partial charge in [-0.1, -0.05) is 25.1 Å². The fourth-order valence-corrected chi connectivity index (χ4v) is 2.70. The highest BCUT2D eigenvalue weighted by Gasteiger charge is 2.11. The number of nitrogens with two attached hydrogens (primary N) is 1. The Labute approximate surface area is 135 Å². The maximum Gasteiger partial charge on any atom is 0.250 e. The quantitative estimate of drug-likeness (QED) is 0.790. The molecule has 0 aliphatic rings. The molecule has 0 saturated carbocycles. The highest BCUT2D eigenvalue weighted by atomic mass is 35.5. The van der Waals surface area contributed by atoms with Crippen molar-refractivity contribution in [3.63, 3.8) is 0 Å². The molecule has 0 aliphatic carbocycles. The van der Waals surface area contributed by atoms with Crippen LogP contribution in [0.3, 0.4) is 0 Å². The molecule has 0 amide bonds. The largest absolute Gasteiger partial charge is 0.384 e. The fourth-order valence-electron chi connectivity index (χ4n) is 2.70. The Balaban J connectivity index is 0.00000176. The third-order valence-corrected chi connectivity index (χ3v) is 3.76. The number of hydrogen-bond donors (Lipinski definition) is 1. The molecule has 114 valence electrons. The second-order valence-corrected chi connectivity index (χ2v) is 5.06. The molecule has 4 nitrogen and oxygen atoms in total. The summed E-state index contributed by atoms with van der Waals surface area (Å²) in [5.41, 5.74) is 9.67. The Morgan fingerprint density at radius 2 is 1.86 bits per heavy atom. The molecular weight excluding hydrogens is 298 g/mol. The Hall–Kier alpha value is -2.33. The van der Waals surface area contributed by atoms with Gasteiger partial charge in [-0.3, -0.25) is 4.79 Å². The third kappa shape index (κ3) is 2.57. The van der Waals surface area contributed by atoms with E-state index < -0.39 is 0 Å². The fraction of sp³-hybridized carbons (Fsp3) is 0.176. The van der Waals surface area contributed by atoms with Gasteiger partial charge in [0.1, 0.15) is 5.82 Å². The minimum atomic E-state index is -0.0172. The molecule has 2 N–H and O–H groups in total. The molecule has 5 heteroatoms.